The molecule has 9 rings (SSSR count). The van der Waals surface area contributed by atoms with Gasteiger partial charge in [0.2, 0.25) is 35.4 Å². The van der Waals surface area contributed by atoms with E-state index in [1.807, 2.05) is 53.6 Å². The molecule has 6 atom stereocenters. The number of nitrogens with zero attached hydrogens (tertiary/aromatic N) is 10. The predicted octanol–water partition coefficient (Wildman–Crippen LogP) is 2.53. The number of hydrogen-bond acceptors (Lipinski definition) is 17. The number of benzene rings is 3. The first-order valence-corrected chi connectivity index (χ1v) is 34.8. The lowest BCUT2D eigenvalue weighted by Crippen LogP contribution is -2.55. The minimum absolute atomic E-state index is 0.0260. The number of piperazine rings is 1. The number of amides is 6. The summed E-state index contributed by atoms with van der Waals surface area (Å²) in [6.45, 7) is 3.40. The molecule has 2 bridgehead atoms. The molecule has 528 valence electrons. The largest absolute Gasteiger partial charge is 0.480 e. The zero-order chi connectivity index (χ0) is 69.9. The van der Waals surface area contributed by atoms with Gasteiger partial charge in [-0.05, 0) is 133 Å². The minimum Gasteiger partial charge on any atom is -0.480 e. The van der Waals surface area contributed by atoms with Gasteiger partial charge in [-0.25, -0.2) is 13.5 Å². The van der Waals surface area contributed by atoms with E-state index in [4.69, 9.17) is 10.2 Å². The molecule has 1 aromatic heterocycles. The molecule has 0 radical (unpaired) electrons. The van der Waals surface area contributed by atoms with Crippen molar-refractivity contribution in [3.05, 3.63) is 104 Å². The third kappa shape index (κ3) is 21.7. The number of nitrogens with one attached hydrogen (secondary N) is 5. The Bertz CT molecular complexity index is 3510. The summed E-state index contributed by atoms with van der Waals surface area (Å²) in [4.78, 5) is 125. The molecule has 0 saturated carbocycles. The van der Waals surface area contributed by atoms with E-state index in [0.29, 0.717) is 70.6 Å². The molecule has 27 nitrogen and oxygen atoms in total. The number of carbonyl (C=O) groups excluding carboxylic acids is 6. The van der Waals surface area contributed by atoms with Gasteiger partial charge in [-0.3, -0.25) is 57.9 Å². The van der Waals surface area contributed by atoms with Crippen LogP contribution in [0.25, 0.3) is 11.3 Å². The molecule has 4 aromatic rings. The van der Waals surface area contributed by atoms with E-state index in [2.05, 4.69) is 88.7 Å². The number of rotatable bonds is 39. The van der Waals surface area contributed by atoms with Gasteiger partial charge in [0.25, 0.3) is 5.92 Å². The number of carboxylic acid groups (broad SMARTS) is 3. The molecule has 3 aromatic carbocycles. The molecule has 8 N–H and O–H groups in total. The Morgan fingerprint density at radius 3 is 2.13 bits per heavy atom. The molecule has 6 heterocycles. The number of aliphatic carboxylic acids is 3. The topological polar surface area (TPSA) is 348 Å². The molecular formula is C68H88F2IN15O12. The van der Waals surface area contributed by atoms with Crippen molar-refractivity contribution >= 4 is 75.9 Å². The Morgan fingerprint density at radius 2 is 1.46 bits per heavy atom. The summed E-state index contributed by atoms with van der Waals surface area (Å²) < 4.78 is 31.0. The molecular weight excluding hydrogens is 1380 g/mol. The van der Waals surface area contributed by atoms with Gasteiger partial charge in [0.1, 0.15) is 23.8 Å². The predicted molar refractivity (Wildman–Crippen MR) is 361 cm³/mol. The maximum absolute atomic E-state index is 14.5. The standard InChI is InChI=1S/C68H88F2IN15O12/c69-68(70)32-54(33-72)86(44-68)67(98)57-29-50(65(96)77-57)30-61(89)83-36-48-9-6-10-49(55(48)40-83)37-84-41-58(78-79-84)47-17-13-45(14-18-47)7-2-4-24-82-38-53-31-52(82)39-85(53)66(97)56(76-59(87)12-5-8-46-15-19-51(71)20-16-46)11-1-3-21-75-60(88)42-80(25-22-73-34-62(90)91)27-28-81(43-64(94)95)26-23-74-35-63(92)93/h6,9-10,13-20,41,50,52-54,56-57,73-74H,1-5,7-8,11-12,21-32,34-40,42-44H2,(H,75,88)(H,76,87)(H,77,96)(H,90,91)(H,92,93)(H,94,95)/t50-,52-,53-,54-,56?,57-/m0/s1. The van der Waals surface area contributed by atoms with Crippen LogP contribution in [0.3, 0.4) is 0 Å². The lowest BCUT2D eigenvalue weighted by Gasteiger charge is -2.36. The average molecular weight is 1470 g/mol. The van der Waals surface area contributed by atoms with Crippen molar-refractivity contribution in [1.29, 1.82) is 5.26 Å². The molecule has 4 fully saturated rings. The van der Waals surface area contributed by atoms with Crippen molar-refractivity contribution in [2.45, 2.75) is 139 Å². The normalized spacial score (nSPS) is 19.6. The number of hydrogen-bond donors (Lipinski definition) is 8. The van der Waals surface area contributed by atoms with Crippen LogP contribution >= 0.6 is 22.6 Å². The Balaban J connectivity index is 0.701. The van der Waals surface area contributed by atoms with Gasteiger partial charge in [0.15, 0.2) is 0 Å². The second-order valence-electron chi connectivity index (χ2n) is 26.2. The molecule has 5 aliphatic heterocycles. The fraction of sp³-hybridized carbons (Fsp3) is 0.559. The molecule has 0 aliphatic carbocycles. The first-order valence-electron chi connectivity index (χ1n) is 33.7. The summed E-state index contributed by atoms with van der Waals surface area (Å²) in [7, 11) is 0. The molecule has 1 unspecified atom stereocenters. The van der Waals surface area contributed by atoms with Gasteiger partial charge in [-0.2, -0.15) is 5.26 Å². The summed E-state index contributed by atoms with van der Waals surface area (Å²) in [6.07, 6.45) is 7.70. The van der Waals surface area contributed by atoms with E-state index in [1.165, 1.54) is 5.56 Å². The van der Waals surface area contributed by atoms with Crippen molar-refractivity contribution in [2.75, 3.05) is 98.2 Å². The van der Waals surface area contributed by atoms with Crippen molar-refractivity contribution in [3.8, 4) is 17.3 Å². The number of carboxylic acids is 3. The molecule has 5 aliphatic rings. The smallest absolute Gasteiger partial charge is 0.317 e. The highest BCUT2D eigenvalue weighted by molar-refractivity contribution is 14.1. The maximum atomic E-state index is 14.5. The quantitative estimate of drug-likeness (QED) is 0.0235. The fourth-order valence-electron chi connectivity index (χ4n) is 13.7. The Hall–Kier alpha value is -8.09. The summed E-state index contributed by atoms with van der Waals surface area (Å²) >= 11 is 2.26. The van der Waals surface area contributed by atoms with Crippen LogP contribution in [-0.4, -0.2) is 247 Å². The van der Waals surface area contributed by atoms with Gasteiger partial charge >= 0.3 is 17.9 Å². The summed E-state index contributed by atoms with van der Waals surface area (Å²) in [5, 5.41) is 60.0. The van der Waals surface area contributed by atoms with E-state index in [9.17, 15) is 62.3 Å². The van der Waals surface area contributed by atoms with E-state index in [-0.39, 0.29) is 114 Å². The number of alkyl halides is 2. The van der Waals surface area contributed by atoms with Crippen LogP contribution in [-0.2, 0) is 75.6 Å². The fourth-order valence-corrected chi connectivity index (χ4v) is 14.1. The zero-order valence-electron chi connectivity index (χ0n) is 54.9. The first kappa shape index (κ1) is 74.1. The number of halogens is 3. The Labute approximate surface area is 581 Å². The number of nitriles is 1. The second-order valence-corrected chi connectivity index (χ2v) is 27.4. The van der Waals surface area contributed by atoms with Crippen LogP contribution in [0.2, 0.25) is 0 Å². The zero-order valence-corrected chi connectivity index (χ0v) is 57.1. The van der Waals surface area contributed by atoms with Gasteiger partial charge in [0.05, 0.1) is 51.5 Å². The third-order valence-corrected chi connectivity index (χ3v) is 19.6. The number of unbranched alkanes of at least 4 members (excludes halogenated alkanes) is 2. The number of aryl methyl sites for hydroxylation is 2. The highest BCUT2D eigenvalue weighted by Gasteiger charge is 2.51. The average Bonchev–Trinajstić information content (AvgIpc) is 1.64. The lowest BCUT2D eigenvalue weighted by atomic mass is 9.99. The van der Waals surface area contributed by atoms with Crippen LogP contribution in [0, 0.1) is 20.8 Å². The Morgan fingerprint density at radius 1 is 0.765 bits per heavy atom. The van der Waals surface area contributed by atoms with Crippen LogP contribution in [0.15, 0.2) is 72.9 Å². The van der Waals surface area contributed by atoms with E-state index >= 15 is 0 Å². The van der Waals surface area contributed by atoms with Crippen LogP contribution < -0.4 is 26.6 Å². The van der Waals surface area contributed by atoms with E-state index < -0.39 is 72.7 Å². The first-order chi connectivity index (χ1) is 47.1. The van der Waals surface area contributed by atoms with Crippen LogP contribution in [0.1, 0.15) is 98.4 Å². The molecule has 30 heteroatoms. The lowest BCUT2D eigenvalue weighted by molar-refractivity contribution is -0.139. The highest BCUT2D eigenvalue weighted by Crippen LogP contribution is 2.36. The number of aromatic nitrogens is 3. The summed E-state index contributed by atoms with van der Waals surface area (Å²) in [5.41, 5.74) is 6.86. The monoisotopic (exact) mass is 1470 g/mol. The SMILES string of the molecule is N#C[C@@H]1CC(F)(F)CN1C(=O)[C@@H]1C[C@@H](CC(=O)N2Cc3cccc(Cn4cc(-c5ccc(CCCCN6C[C@@H]7C[C@H]6CN7C(=O)C(CCCCNC(=O)CN(CCNCC(=O)O)CCN(CCNCC(=O)O)CC(=O)O)NC(=O)CCCc6ccc(I)cc6)cc5)nn4)c3C2)C(=O)N1. The molecule has 4 saturated heterocycles. The van der Waals surface area contributed by atoms with Crippen LogP contribution in [0.5, 0.6) is 0 Å². The number of carbonyl (C=O) groups is 9. The van der Waals surface area contributed by atoms with Crippen LogP contribution in [0.4, 0.5) is 8.78 Å². The molecule has 0 spiro atoms. The van der Waals surface area contributed by atoms with Crippen molar-refractivity contribution < 1.29 is 67.3 Å². The third-order valence-electron chi connectivity index (χ3n) is 18.9. The van der Waals surface area contributed by atoms with Crippen molar-refractivity contribution in [3.63, 3.8) is 0 Å². The highest BCUT2D eigenvalue weighted by atomic mass is 127. The van der Waals surface area contributed by atoms with E-state index in [0.717, 1.165) is 81.5 Å². The molecule has 6 amide bonds. The minimum atomic E-state index is -3.19. The number of fused-ring (bicyclic) bond motifs is 3. The molecule has 98 heavy (non-hydrogen) atoms. The second kappa shape index (κ2) is 35.6. The van der Waals surface area contributed by atoms with Gasteiger partial charge in [0, 0.05) is 118 Å². The Kier molecular flexibility index (Phi) is 26.9. The maximum Gasteiger partial charge on any atom is 0.317 e. The van der Waals surface area contributed by atoms with Gasteiger partial charge in [-0.15, -0.1) is 5.10 Å². The number of likely N-dealkylation sites (tertiary alicyclic amines) is 3. The summed E-state index contributed by atoms with van der Waals surface area (Å²) in [6, 6.07) is 21.2. The van der Waals surface area contributed by atoms with Crippen molar-refractivity contribution in [2.24, 2.45) is 5.92 Å². The van der Waals surface area contributed by atoms with Crippen molar-refractivity contribution in [1.82, 2.24) is 71.0 Å². The summed E-state index contributed by atoms with van der Waals surface area (Å²) in [5.74, 6) is -9.22. The van der Waals surface area contributed by atoms with E-state index in [1.54, 1.807) is 25.5 Å². The van der Waals surface area contributed by atoms with Gasteiger partial charge < -0.3 is 56.6 Å². The van der Waals surface area contributed by atoms with Gasteiger partial charge in [-0.1, -0.05) is 59.8 Å².